The Kier molecular flexibility index (Phi) is 4.44. The third-order valence-electron chi connectivity index (χ3n) is 2.72. The Hall–Kier alpha value is -0.320. The van der Waals surface area contributed by atoms with E-state index in [1.807, 2.05) is 6.07 Å². The molecular weight excluding hydrogens is 289 g/mol. The molecule has 2 N–H and O–H groups in total. The van der Waals surface area contributed by atoms with Gasteiger partial charge in [0.25, 0.3) is 0 Å². The summed E-state index contributed by atoms with van der Waals surface area (Å²) in [4.78, 5) is 4.29. The third kappa shape index (κ3) is 3.34. The Labute approximate surface area is 109 Å². The van der Waals surface area contributed by atoms with E-state index >= 15 is 0 Å². The van der Waals surface area contributed by atoms with Crippen molar-refractivity contribution in [2.75, 3.05) is 18.4 Å². The molecule has 88 valence electrons. The first-order chi connectivity index (χ1) is 7.75. The third-order valence-corrected chi connectivity index (χ3v) is 3.45. The van der Waals surface area contributed by atoms with Crippen LogP contribution in [0.15, 0.2) is 16.7 Å². The number of aromatic nitrogens is 1. The number of rotatable bonds is 2. The monoisotopic (exact) mass is 303 g/mol. The first-order valence-electron chi connectivity index (χ1n) is 5.54. The summed E-state index contributed by atoms with van der Waals surface area (Å²) in [5, 5.41) is 7.47. The molecule has 0 aliphatic carbocycles. The van der Waals surface area contributed by atoms with Gasteiger partial charge in [-0.2, -0.15) is 0 Å². The molecule has 0 amide bonds. The smallest absolute Gasteiger partial charge is 0.145 e. The molecule has 1 aromatic heterocycles. The first kappa shape index (κ1) is 12.1. The van der Waals surface area contributed by atoms with Crippen LogP contribution in [0.25, 0.3) is 0 Å². The van der Waals surface area contributed by atoms with Gasteiger partial charge in [-0.1, -0.05) is 11.6 Å². The number of anilines is 1. The number of hydrogen-bond acceptors (Lipinski definition) is 3. The number of nitrogens with one attached hydrogen (secondary N) is 2. The van der Waals surface area contributed by atoms with Crippen molar-refractivity contribution in [3.8, 4) is 0 Å². The van der Waals surface area contributed by atoms with E-state index in [1.165, 1.54) is 12.8 Å². The van der Waals surface area contributed by atoms with Crippen LogP contribution in [0.1, 0.15) is 19.3 Å². The highest BCUT2D eigenvalue weighted by Gasteiger charge is 2.13. The lowest BCUT2D eigenvalue weighted by molar-refractivity contribution is 0.635. The van der Waals surface area contributed by atoms with E-state index in [2.05, 4.69) is 31.5 Å². The van der Waals surface area contributed by atoms with Crippen molar-refractivity contribution in [1.29, 1.82) is 0 Å². The lowest BCUT2D eigenvalue weighted by Gasteiger charge is -2.17. The van der Waals surface area contributed by atoms with Crippen LogP contribution in [0.3, 0.4) is 0 Å². The predicted molar refractivity (Wildman–Crippen MR) is 71.1 cm³/mol. The maximum Gasteiger partial charge on any atom is 0.145 e. The lowest BCUT2D eigenvalue weighted by Crippen LogP contribution is -2.22. The summed E-state index contributed by atoms with van der Waals surface area (Å²) in [5.41, 5.74) is 0. The normalized spacial score (nSPS) is 21.5. The second-order valence-corrected chi connectivity index (χ2v) is 5.33. The standard InChI is InChI=1S/C11H15BrClN3/c12-8-6-10(13)11(15-7-8)16-9-2-1-4-14-5-3-9/h6-7,9,14H,1-5H2,(H,15,16). The second-order valence-electron chi connectivity index (χ2n) is 4.01. The Morgan fingerprint density at radius 1 is 1.44 bits per heavy atom. The van der Waals surface area contributed by atoms with Crippen LogP contribution >= 0.6 is 27.5 Å². The van der Waals surface area contributed by atoms with Gasteiger partial charge in [-0.25, -0.2) is 4.98 Å². The molecule has 1 unspecified atom stereocenters. The number of hydrogen-bond donors (Lipinski definition) is 2. The molecule has 1 atom stereocenters. The molecule has 1 fully saturated rings. The van der Waals surface area contributed by atoms with Crippen molar-refractivity contribution in [1.82, 2.24) is 10.3 Å². The zero-order valence-electron chi connectivity index (χ0n) is 8.97. The van der Waals surface area contributed by atoms with Gasteiger partial charge in [0, 0.05) is 16.7 Å². The molecule has 0 saturated carbocycles. The Balaban J connectivity index is 2.01. The molecule has 2 heterocycles. The van der Waals surface area contributed by atoms with Gasteiger partial charge >= 0.3 is 0 Å². The molecule has 1 aromatic rings. The van der Waals surface area contributed by atoms with Gasteiger partial charge in [0.1, 0.15) is 5.82 Å². The van der Waals surface area contributed by atoms with E-state index in [1.54, 1.807) is 6.20 Å². The van der Waals surface area contributed by atoms with Gasteiger partial charge in [-0.3, -0.25) is 0 Å². The topological polar surface area (TPSA) is 37.0 Å². The maximum absolute atomic E-state index is 6.12. The summed E-state index contributed by atoms with van der Waals surface area (Å²) in [7, 11) is 0. The number of pyridine rings is 1. The van der Waals surface area contributed by atoms with Gasteiger partial charge in [0.2, 0.25) is 0 Å². The highest BCUT2D eigenvalue weighted by Crippen LogP contribution is 2.24. The average molecular weight is 305 g/mol. The zero-order chi connectivity index (χ0) is 11.4. The molecule has 3 nitrogen and oxygen atoms in total. The predicted octanol–water partition coefficient (Wildman–Crippen LogP) is 3.05. The minimum atomic E-state index is 0.473. The van der Waals surface area contributed by atoms with E-state index in [0.29, 0.717) is 11.1 Å². The minimum Gasteiger partial charge on any atom is -0.366 e. The van der Waals surface area contributed by atoms with E-state index in [0.717, 1.165) is 29.8 Å². The summed E-state index contributed by atoms with van der Waals surface area (Å²) in [5.74, 6) is 0.789. The maximum atomic E-state index is 6.12. The molecule has 5 heteroatoms. The van der Waals surface area contributed by atoms with Crippen molar-refractivity contribution in [2.45, 2.75) is 25.3 Å². The quantitative estimate of drug-likeness (QED) is 0.882. The summed E-state index contributed by atoms with van der Waals surface area (Å²) in [6.45, 7) is 2.17. The number of nitrogens with zero attached hydrogens (tertiary/aromatic N) is 1. The molecule has 16 heavy (non-hydrogen) atoms. The molecule has 0 bridgehead atoms. The van der Waals surface area contributed by atoms with Gasteiger partial charge in [0.15, 0.2) is 0 Å². The Morgan fingerprint density at radius 2 is 2.31 bits per heavy atom. The summed E-state index contributed by atoms with van der Waals surface area (Å²) in [6.07, 6.45) is 5.25. The van der Waals surface area contributed by atoms with Crippen LogP contribution in [-0.4, -0.2) is 24.1 Å². The van der Waals surface area contributed by atoms with Gasteiger partial charge in [0.05, 0.1) is 5.02 Å². The molecule has 0 radical (unpaired) electrons. The van der Waals surface area contributed by atoms with Crippen LogP contribution in [0.4, 0.5) is 5.82 Å². The molecule has 1 saturated heterocycles. The fourth-order valence-corrected chi connectivity index (χ4v) is 2.56. The summed E-state index contributed by atoms with van der Waals surface area (Å²) in [6, 6.07) is 2.34. The second kappa shape index (κ2) is 5.84. The highest BCUT2D eigenvalue weighted by atomic mass is 79.9. The largest absolute Gasteiger partial charge is 0.366 e. The summed E-state index contributed by atoms with van der Waals surface area (Å²) >= 11 is 9.47. The van der Waals surface area contributed by atoms with Gasteiger partial charge < -0.3 is 10.6 Å². The fourth-order valence-electron chi connectivity index (χ4n) is 1.88. The first-order valence-corrected chi connectivity index (χ1v) is 6.71. The van der Waals surface area contributed by atoms with Crippen LogP contribution in [0.2, 0.25) is 5.02 Å². The van der Waals surface area contributed by atoms with E-state index in [-0.39, 0.29) is 0 Å². The van der Waals surface area contributed by atoms with Crippen LogP contribution < -0.4 is 10.6 Å². The van der Waals surface area contributed by atoms with Crippen molar-refractivity contribution in [3.63, 3.8) is 0 Å². The van der Waals surface area contributed by atoms with Crippen LogP contribution in [0.5, 0.6) is 0 Å². The molecular formula is C11H15BrClN3. The Morgan fingerprint density at radius 3 is 3.12 bits per heavy atom. The SMILES string of the molecule is Clc1cc(Br)cnc1NC1CCCNCC1. The fraction of sp³-hybridized carbons (Fsp3) is 0.545. The van der Waals surface area contributed by atoms with E-state index < -0.39 is 0 Å². The number of halogens is 2. The molecule has 1 aliphatic heterocycles. The average Bonchev–Trinajstić information content (AvgIpc) is 2.51. The van der Waals surface area contributed by atoms with Crippen molar-refractivity contribution in [3.05, 3.63) is 21.8 Å². The van der Waals surface area contributed by atoms with Crippen molar-refractivity contribution in [2.24, 2.45) is 0 Å². The van der Waals surface area contributed by atoms with Crippen LogP contribution in [0, 0.1) is 0 Å². The molecule has 2 rings (SSSR count). The lowest BCUT2D eigenvalue weighted by atomic mass is 10.1. The van der Waals surface area contributed by atoms with Crippen molar-refractivity contribution >= 4 is 33.3 Å². The van der Waals surface area contributed by atoms with E-state index in [4.69, 9.17) is 11.6 Å². The van der Waals surface area contributed by atoms with E-state index in [9.17, 15) is 0 Å². The van der Waals surface area contributed by atoms with Gasteiger partial charge in [-0.05, 0) is 54.3 Å². The van der Waals surface area contributed by atoms with Crippen LogP contribution in [-0.2, 0) is 0 Å². The minimum absolute atomic E-state index is 0.473. The summed E-state index contributed by atoms with van der Waals surface area (Å²) < 4.78 is 0.908. The Bertz CT molecular complexity index is 351. The molecule has 1 aliphatic rings. The van der Waals surface area contributed by atoms with Crippen molar-refractivity contribution < 1.29 is 0 Å². The molecule has 0 aromatic carbocycles. The van der Waals surface area contributed by atoms with Gasteiger partial charge in [-0.15, -0.1) is 0 Å². The molecule has 0 spiro atoms. The zero-order valence-corrected chi connectivity index (χ0v) is 11.3. The highest BCUT2D eigenvalue weighted by molar-refractivity contribution is 9.10.